The summed E-state index contributed by atoms with van der Waals surface area (Å²) in [5.41, 5.74) is 3.32. The first-order valence-electron chi connectivity index (χ1n) is 10.8. The van der Waals surface area contributed by atoms with Gasteiger partial charge < -0.3 is 41.5 Å². The van der Waals surface area contributed by atoms with Crippen LogP contribution in [0.15, 0.2) is 18.2 Å². The highest BCUT2D eigenvalue weighted by atomic mass is 16.4. The summed E-state index contributed by atoms with van der Waals surface area (Å²) < 4.78 is 0. The van der Waals surface area contributed by atoms with Crippen LogP contribution in [0.2, 0.25) is 0 Å². The van der Waals surface area contributed by atoms with Crippen molar-refractivity contribution in [1.29, 1.82) is 0 Å². The van der Waals surface area contributed by atoms with Gasteiger partial charge in [-0.15, -0.1) is 0 Å². The van der Waals surface area contributed by atoms with Crippen LogP contribution in [0.3, 0.4) is 0 Å². The van der Waals surface area contributed by atoms with Gasteiger partial charge in [0.15, 0.2) is 11.4 Å². The number of aliphatic hydroxyl groups is 3. The lowest BCUT2D eigenvalue weighted by atomic mass is 9.57. The zero-order valence-corrected chi connectivity index (χ0v) is 18.6. The molecular formula is C23H27N3O8. The Kier molecular flexibility index (Phi) is 5.76. The molecule has 0 aliphatic heterocycles. The first-order chi connectivity index (χ1) is 16.0. The minimum atomic E-state index is -2.63. The summed E-state index contributed by atoms with van der Waals surface area (Å²) in [6, 6.07) is 3.32. The maximum Gasteiger partial charge on any atom is 0.230 e. The molecule has 0 heterocycles. The van der Waals surface area contributed by atoms with Crippen molar-refractivity contribution in [1.82, 2.24) is 5.32 Å². The zero-order valence-electron chi connectivity index (χ0n) is 18.6. The maximum atomic E-state index is 13.7. The molecule has 2 aliphatic rings. The number of nitrogens with one attached hydrogen (secondary N) is 1. The van der Waals surface area contributed by atoms with E-state index in [0.29, 0.717) is 16.6 Å². The zero-order chi connectivity index (χ0) is 25.1. The van der Waals surface area contributed by atoms with Crippen LogP contribution in [0.4, 0.5) is 5.69 Å². The van der Waals surface area contributed by atoms with Crippen LogP contribution in [0.25, 0.3) is 10.8 Å². The molecule has 2 unspecified atom stereocenters. The summed E-state index contributed by atoms with van der Waals surface area (Å²) in [4.78, 5) is 40.5. The minimum absolute atomic E-state index is 0.0110. The van der Waals surface area contributed by atoms with Gasteiger partial charge in [-0.25, -0.2) is 0 Å². The van der Waals surface area contributed by atoms with Crippen molar-refractivity contribution in [2.45, 2.75) is 24.2 Å². The minimum Gasteiger partial charge on any atom is -0.507 e. The standard InChI is InChI=1S/C23H27N3O8/c1-26(2)12-3-4-13(28)15-10(12)7-9-8-11-17(25-5-6-27)19(30)16(22(24)33)21(32)23(11,34)20(31)14(9)18(15)29/h3-4,7,11,16-17,21,25,27-29,32,34H,5-6,8H2,1-2H3,(H2,24,33)/t11-,16?,17+,21?,23-/m0/s1. The summed E-state index contributed by atoms with van der Waals surface area (Å²) in [7, 11) is 3.53. The number of primary amides is 1. The van der Waals surface area contributed by atoms with Crippen molar-refractivity contribution < 1.29 is 39.9 Å². The van der Waals surface area contributed by atoms with Crippen LogP contribution in [-0.4, -0.2) is 88.0 Å². The van der Waals surface area contributed by atoms with E-state index >= 15 is 0 Å². The lowest BCUT2D eigenvalue weighted by Gasteiger charge is -2.50. The van der Waals surface area contributed by atoms with Crippen LogP contribution >= 0.6 is 0 Å². The Balaban J connectivity index is 1.99. The first kappa shape index (κ1) is 23.9. The molecule has 0 radical (unpaired) electrons. The summed E-state index contributed by atoms with van der Waals surface area (Å²) >= 11 is 0. The van der Waals surface area contributed by atoms with Gasteiger partial charge in [-0.05, 0) is 30.2 Å². The second-order valence-electron chi connectivity index (χ2n) is 9.03. The Hall–Kier alpha value is -3.25. The van der Waals surface area contributed by atoms with Gasteiger partial charge in [0.25, 0.3) is 0 Å². The number of phenols is 2. The van der Waals surface area contributed by atoms with Gasteiger partial charge in [0, 0.05) is 37.6 Å². The monoisotopic (exact) mass is 473 g/mol. The summed E-state index contributed by atoms with van der Waals surface area (Å²) in [5, 5.41) is 56.4. The number of amides is 1. The van der Waals surface area contributed by atoms with E-state index in [1.807, 2.05) is 0 Å². The Morgan fingerprint density at radius 3 is 2.53 bits per heavy atom. The van der Waals surface area contributed by atoms with E-state index in [9.17, 15) is 39.9 Å². The summed E-state index contributed by atoms with van der Waals surface area (Å²) in [5.74, 6) is -7.06. The number of ketones is 2. The third-order valence-electron chi connectivity index (χ3n) is 6.96. The number of nitrogens with two attached hydrogens (primary N) is 1. The largest absolute Gasteiger partial charge is 0.507 e. The summed E-state index contributed by atoms with van der Waals surface area (Å²) in [6.45, 7) is -0.437. The first-order valence-corrected chi connectivity index (χ1v) is 10.8. The number of carbonyl (C=O) groups is 3. The van der Waals surface area contributed by atoms with Gasteiger partial charge in [-0.1, -0.05) is 0 Å². The van der Waals surface area contributed by atoms with E-state index < -0.39 is 52.8 Å². The lowest BCUT2D eigenvalue weighted by molar-refractivity contribution is -0.168. The Morgan fingerprint density at radius 2 is 1.94 bits per heavy atom. The van der Waals surface area contributed by atoms with E-state index in [0.717, 1.165) is 0 Å². The van der Waals surface area contributed by atoms with E-state index in [4.69, 9.17) is 5.73 Å². The molecule has 8 N–H and O–H groups in total. The number of hydrogen-bond acceptors (Lipinski definition) is 10. The van der Waals surface area contributed by atoms with Crippen molar-refractivity contribution >= 4 is 33.9 Å². The number of nitrogens with zero attached hydrogens (tertiary/aromatic N) is 1. The van der Waals surface area contributed by atoms with Gasteiger partial charge in [0.2, 0.25) is 11.7 Å². The molecule has 0 saturated heterocycles. The van der Waals surface area contributed by atoms with Crippen molar-refractivity contribution in [2.24, 2.45) is 17.6 Å². The molecule has 1 fully saturated rings. The highest BCUT2D eigenvalue weighted by molar-refractivity contribution is 6.16. The van der Waals surface area contributed by atoms with Crippen molar-refractivity contribution in [3.05, 3.63) is 29.3 Å². The fraction of sp³-hybridized carbons (Fsp3) is 0.435. The van der Waals surface area contributed by atoms with Crippen molar-refractivity contribution in [3.63, 3.8) is 0 Å². The third kappa shape index (κ3) is 3.16. The van der Waals surface area contributed by atoms with Gasteiger partial charge >= 0.3 is 0 Å². The van der Waals surface area contributed by atoms with E-state index in [-0.39, 0.29) is 36.3 Å². The Morgan fingerprint density at radius 1 is 1.26 bits per heavy atom. The number of anilines is 1. The van der Waals surface area contributed by atoms with Gasteiger partial charge in [0.1, 0.15) is 23.5 Å². The second kappa shape index (κ2) is 8.20. The molecule has 2 aromatic rings. The SMILES string of the molecule is CN(C)c1ccc(O)c2c(O)c3c(cc12)C[C@H]1[C@@H](NCCO)C(=O)C(C(N)=O)C(O)[C@@]1(O)C3=O. The average Bonchev–Trinajstić information content (AvgIpc) is 2.75. The number of phenolic OH excluding ortho intramolecular Hbond substituents is 2. The Labute approximate surface area is 194 Å². The number of carbonyl (C=O) groups excluding carboxylic acids is 3. The van der Waals surface area contributed by atoms with Crippen LogP contribution in [0.5, 0.6) is 11.5 Å². The van der Waals surface area contributed by atoms with E-state index in [2.05, 4.69) is 5.32 Å². The number of benzene rings is 2. The molecule has 5 atom stereocenters. The van der Waals surface area contributed by atoms with Crippen LogP contribution in [0, 0.1) is 11.8 Å². The molecule has 4 rings (SSSR count). The topological polar surface area (TPSA) is 194 Å². The molecule has 2 aliphatic carbocycles. The number of Topliss-reactive ketones (excluding diaryl/α,β-unsaturated/α-hetero) is 2. The normalized spacial score (nSPS) is 28.5. The van der Waals surface area contributed by atoms with E-state index in [1.165, 1.54) is 6.07 Å². The molecule has 182 valence electrons. The molecule has 11 nitrogen and oxygen atoms in total. The smallest absolute Gasteiger partial charge is 0.230 e. The molecule has 34 heavy (non-hydrogen) atoms. The van der Waals surface area contributed by atoms with Gasteiger partial charge in [-0.2, -0.15) is 0 Å². The molecular weight excluding hydrogens is 446 g/mol. The van der Waals surface area contributed by atoms with E-state index in [1.54, 1.807) is 31.1 Å². The fourth-order valence-electron chi connectivity index (χ4n) is 5.37. The number of hydrogen-bond donors (Lipinski definition) is 7. The van der Waals surface area contributed by atoms with Crippen LogP contribution in [-0.2, 0) is 16.0 Å². The molecule has 1 amide bonds. The number of aromatic hydroxyl groups is 2. The number of rotatable bonds is 5. The predicted molar refractivity (Wildman–Crippen MR) is 121 cm³/mol. The van der Waals surface area contributed by atoms with Crippen LogP contribution in [0.1, 0.15) is 15.9 Å². The number of fused-ring (bicyclic) bond motifs is 3. The highest BCUT2D eigenvalue weighted by Gasteiger charge is 2.65. The lowest BCUT2D eigenvalue weighted by Crippen LogP contribution is -2.73. The maximum absolute atomic E-state index is 13.7. The second-order valence-corrected chi connectivity index (χ2v) is 9.03. The quantitative estimate of drug-likeness (QED) is 0.249. The summed E-state index contributed by atoms with van der Waals surface area (Å²) in [6.07, 6.45) is -2.27. The average molecular weight is 473 g/mol. The molecule has 0 aromatic heterocycles. The number of aliphatic hydroxyl groups excluding tert-OH is 2. The molecule has 2 aromatic carbocycles. The molecule has 11 heteroatoms. The molecule has 0 spiro atoms. The van der Waals surface area contributed by atoms with Crippen molar-refractivity contribution in [2.75, 3.05) is 32.1 Å². The highest BCUT2D eigenvalue weighted by Crippen LogP contribution is 2.50. The third-order valence-corrected chi connectivity index (χ3v) is 6.96. The fourth-order valence-corrected chi connectivity index (χ4v) is 5.37. The van der Waals surface area contributed by atoms with Crippen molar-refractivity contribution in [3.8, 4) is 11.5 Å². The predicted octanol–water partition coefficient (Wildman–Crippen LogP) is -1.60. The van der Waals surface area contributed by atoms with Crippen LogP contribution < -0.4 is 16.0 Å². The van der Waals surface area contributed by atoms with Gasteiger partial charge in [0.05, 0.1) is 23.6 Å². The molecule has 1 saturated carbocycles. The van der Waals surface area contributed by atoms with Gasteiger partial charge in [-0.3, -0.25) is 14.4 Å². The molecule has 0 bridgehead atoms. The Bertz CT molecular complexity index is 1210.